The summed E-state index contributed by atoms with van der Waals surface area (Å²) in [5.74, 6) is 0.776. The standard InChI is InChI=1S/C11H18ClN5/c1-3-16-4-6-17(7-5-16)10-9(13)8(2)14-11(12)15-10/h3-7,13H2,1-2H3. The van der Waals surface area contributed by atoms with E-state index in [-0.39, 0.29) is 5.28 Å². The van der Waals surface area contributed by atoms with Crippen molar-refractivity contribution in [3.05, 3.63) is 11.0 Å². The average molecular weight is 256 g/mol. The monoisotopic (exact) mass is 255 g/mol. The lowest BCUT2D eigenvalue weighted by molar-refractivity contribution is 0.270. The molecule has 1 aliphatic rings. The molecule has 0 unspecified atom stereocenters. The summed E-state index contributed by atoms with van der Waals surface area (Å²) in [4.78, 5) is 12.9. The van der Waals surface area contributed by atoms with Gasteiger partial charge in [-0.1, -0.05) is 6.92 Å². The number of likely N-dealkylation sites (N-methyl/N-ethyl adjacent to an activating group) is 1. The predicted octanol–water partition coefficient (Wildman–Crippen LogP) is 1.16. The Labute approximate surface area is 107 Å². The number of nitrogens with two attached hydrogens (primary N) is 1. The summed E-state index contributed by atoms with van der Waals surface area (Å²) in [6.45, 7) is 9.07. The van der Waals surface area contributed by atoms with Crippen LogP contribution in [0.5, 0.6) is 0 Å². The zero-order valence-corrected chi connectivity index (χ0v) is 11.0. The Morgan fingerprint density at radius 1 is 1.24 bits per heavy atom. The second kappa shape index (κ2) is 5.06. The third kappa shape index (κ3) is 2.61. The number of hydrogen-bond acceptors (Lipinski definition) is 5. The Hall–Kier alpha value is -1.07. The Morgan fingerprint density at radius 3 is 2.47 bits per heavy atom. The number of halogens is 1. The molecule has 1 fully saturated rings. The summed E-state index contributed by atoms with van der Waals surface area (Å²) in [6, 6.07) is 0. The van der Waals surface area contributed by atoms with Gasteiger partial charge in [0.25, 0.3) is 0 Å². The van der Waals surface area contributed by atoms with Gasteiger partial charge in [-0.15, -0.1) is 0 Å². The number of anilines is 2. The number of rotatable bonds is 2. The molecular weight excluding hydrogens is 238 g/mol. The Morgan fingerprint density at radius 2 is 1.88 bits per heavy atom. The van der Waals surface area contributed by atoms with Crippen LogP contribution in [0.4, 0.5) is 11.5 Å². The van der Waals surface area contributed by atoms with Crippen LogP contribution in [-0.4, -0.2) is 47.6 Å². The van der Waals surface area contributed by atoms with E-state index in [2.05, 4.69) is 26.7 Å². The molecule has 1 aromatic heterocycles. The molecule has 0 radical (unpaired) electrons. The minimum absolute atomic E-state index is 0.268. The van der Waals surface area contributed by atoms with Crippen molar-refractivity contribution in [2.24, 2.45) is 0 Å². The summed E-state index contributed by atoms with van der Waals surface area (Å²) >= 11 is 5.88. The zero-order valence-electron chi connectivity index (χ0n) is 10.3. The van der Waals surface area contributed by atoms with Crippen LogP contribution in [0.3, 0.4) is 0 Å². The lowest BCUT2D eigenvalue weighted by atomic mass is 10.2. The summed E-state index contributed by atoms with van der Waals surface area (Å²) in [7, 11) is 0. The molecular formula is C11H18ClN5. The first-order valence-corrected chi connectivity index (χ1v) is 6.26. The summed E-state index contributed by atoms with van der Waals surface area (Å²) < 4.78 is 0. The van der Waals surface area contributed by atoms with Gasteiger partial charge < -0.3 is 15.5 Å². The molecule has 2 heterocycles. The second-order valence-electron chi connectivity index (χ2n) is 4.24. The van der Waals surface area contributed by atoms with Crippen LogP contribution in [0, 0.1) is 6.92 Å². The van der Waals surface area contributed by atoms with E-state index in [1.165, 1.54) is 0 Å². The fourth-order valence-electron chi connectivity index (χ4n) is 2.05. The summed E-state index contributed by atoms with van der Waals surface area (Å²) in [6.07, 6.45) is 0. The predicted molar refractivity (Wildman–Crippen MR) is 70.5 cm³/mol. The number of aryl methyl sites for hydroxylation is 1. The topological polar surface area (TPSA) is 58.3 Å². The number of nitrogens with zero attached hydrogens (tertiary/aromatic N) is 4. The van der Waals surface area contributed by atoms with Gasteiger partial charge >= 0.3 is 0 Å². The number of aromatic nitrogens is 2. The van der Waals surface area contributed by atoms with Gasteiger partial charge in [-0.3, -0.25) is 0 Å². The van der Waals surface area contributed by atoms with Gasteiger partial charge in [0.05, 0.1) is 11.4 Å². The molecule has 0 bridgehead atoms. The van der Waals surface area contributed by atoms with E-state index in [1.807, 2.05) is 6.92 Å². The van der Waals surface area contributed by atoms with Gasteiger partial charge in [0.2, 0.25) is 5.28 Å². The molecule has 17 heavy (non-hydrogen) atoms. The van der Waals surface area contributed by atoms with Crippen LogP contribution in [0.25, 0.3) is 0 Å². The fourth-order valence-corrected chi connectivity index (χ4v) is 2.26. The third-order valence-electron chi connectivity index (χ3n) is 3.21. The van der Waals surface area contributed by atoms with Crippen LogP contribution in [0.2, 0.25) is 5.28 Å². The average Bonchev–Trinajstić information content (AvgIpc) is 2.34. The maximum atomic E-state index is 6.01. The van der Waals surface area contributed by atoms with Crippen molar-refractivity contribution in [1.82, 2.24) is 14.9 Å². The van der Waals surface area contributed by atoms with Gasteiger partial charge in [0.15, 0.2) is 5.82 Å². The van der Waals surface area contributed by atoms with Crippen LogP contribution in [0.15, 0.2) is 0 Å². The molecule has 0 aromatic carbocycles. The van der Waals surface area contributed by atoms with Crippen molar-refractivity contribution >= 4 is 23.1 Å². The lowest BCUT2D eigenvalue weighted by Crippen LogP contribution is -2.46. The van der Waals surface area contributed by atoms with Crippen molar-refractivity contribution in [3.63, 3.8) is 0 Å². The summed E-state index contributed by atoms with van der Waals surface area (Å²) in [5, 5.41) is 0.268. The molecule has 5 nitrogen and oxygen atoms in total. The van der Waals surface area contributed by atoms with E-state index in [0.29, 0.717) is 5.69 Å². The van der Waals surface area contributed by atoms with Gasteiger partial charge in [0.1, 0.15) is 0 Å². The lowest BCUT2D eigenvalue weighted by Gasteiger charge is -2.35. The molecule has 94 valence electrons. The van der Waals surface area contributed by atoms with E-state index in [1.54, 1.807) is 0 Å². The molecule has 1 aliphatic heterocycles. The van der Waals surface area contributed by atoms with Crippen molar-refractivity contribution in [2.75, 3.05) is 43.4 Å². The number of hydrogen-bond donors (Lipinski definition) is 1. The van der Waals surface area contributed by atoms with Gasteiger partial charge in [-0.05, 0) is 25.1 Å². The molecule has 0 spiro atoms. The SMILES string of the molecule is CCN1CCN(c2nc(Cl)nc(C)c2N)CC1. The first kappa shape index (κ1) is 12.4. The Bertz CT molecular complexity index is 401. The van der Waals surface area contributed by atoms with Crippen molar-refractivity contribution < 1.29 is 0 Å². The number of piperazine rings is 1. The second-order valence-corrected chi connectivity index (χ2v) is 4.57. The molecule has 6 heteroatoms. The maximum absolute atomic E-state index is 6.01. The first-order chi connectivity index (χ1) is 8.11. The van der Waals surface area contributed by atoms with E-state index in [9.17, 15) is 0 Å². The van der Waals surface area contributed by atoms with Crippen LogP contribution in [0.1, 0.15) is 12.6 Å². The minimum Gasteiger partial charge on any atom is -0.394 e. The molecule has 0 saturated carbocycles. The van der Waals surface area contributed by atoms with E-state index < -0.39 is 0 Å². The molecule has 2 N–H and O–H groups in total. The Kier molecular flexibility index (Phi) is 3.69. The third-order valence-corrected chi connectivity index (χ3v) is 3.38. The van der Waals surface area contributed by atoms with E-state index >= 15 is 0 Å². The van der Waals surface area contributed by atoms with Crippen LogP contribution in [-0.2, 0) is 0 Å². The highest BCUT2D eigenvalue weighted by atomic mass is 35.5. The van der Waals surface area contributed by atoms with E-state index in [0.717, 1.165) is 44.2 Å². The highest BCUT2D eigenvalue weighted by molar-refractivity contribution is 6.28. The normalized spacial score (nSPS) is 17.5. The number of nitrogen functional groups attached to an aromatic ring is 1. The largest absolute Gasteiger partial charge is 0.394 e. The van der Waals surface area contributed by atoms with Crippen molar-refractivity contribution in [1.29, 1.82) is 0 Å². The molecule has 0 amide bonds. The van der Waals surface area contributed by atoms with E-state index in [4.69, 9.17) is 17.3 Å². The molecule has 1 aromatic rings. The van der Waals surface area contributed by atoms with Gasteiger partial charge in [-0.2, -0.15) is 4.98 Å². The van der Waals surface area contributed by atoms with Gasteiger partial charge in [0, 0.05) is 26.2 Å². The van der Waals surface area contributed by atoms with Crippen LogP contribution < -0.4 is 10.6 Å². The molecule has 0 atom stereocenters. The smallest absolute Gasteiger partial charge is 0.224 e. The first-order valence-electron chi connectivity index (χ1n) is 5.88. The molecule has 0 aliphatic carbocycles. The molecule has 2 rings (SSSR count). The maximum Gasteiger partial charge on any atom is 0.224 e. The highest BCUT2D eigenvalue weighted by Gasteiger charge is 2.20. The quantitative estimate of drug-likeness (QED) is 0.804. The summed E-state index contributed by atoms with van der Waals surface area (Å²) in [5.41, 5.74) is 7.40. The minimum atomic E-state index is 0.268. The van der Waals surface area contributed by atoms with Gasteiger partial charge in [-0.25, -0.2) is 4.98 Å². The Balaban J connectivity index is 2.18. The highest BCUT2D eigenvalue weighted by Crippen LogP contribution is 2.25. The molecule has 1 saturated heterocycles. The van der Waals surface area contributed by atoms with Crippen molar-refractivity contribution in [3.8, 4) is 0 Å². The zero-order chi connectivity index (χ0) is 12.4. The van der Waals surface area contributed by atoms with Crippen LogP contribution >= 0.6 is 11.6 Å². The fraction of sp³-hybridized carbons (Fsp3) is 0.636. The van der Waals surface area contributed by atoms with Crippen molar-refractivity contribution in [2.45, 2.75) is 13.8 Å².